The number of aromatic nitrogens is 2. The van der Waals surface area contributed by atoms with E-state index in [0.717, 1.165) is 11.1 Å². The first-order valence-electron chi connectivity index (χ1n) is 7.47. The number of hydrogen-bond donors (Lipinski definition) is 0. The number of hydrogen-bond acceptors (Lipinski definition) is 3. The summed E-state index contributed by atoms with van der Waals surface area (Å²) in [6, 6.07) is 17.5. The van der Waals surface area contributed by atoms with Crippen molar-refractivity contribution in [3.05, 3.63) is 87.2 Å². The number of nitrogens with zero attached hydrogens (tertiary/aromatic N) is 2. The predicted molar refractivity (Wildman–Crippen MR) is 94.5 cm³/mol. The van der Waals surface area contributed by atoms with Gasteiger partial charge in [0.25, 0.3) is 5.56 Å². The van der Waals surface area contributed by atoms with Crippen molar-refractivity contribution in [2.24, 2.45) is 0 Å². The van der Waals surface area contributed by atoms with Gasteiger partial charge in [-0.15, -0.1) is 0 Å². The van der Waals surface area contributed by atoms with Crippen LogP contribution in [0.15, 0.2) is 65.5 Å². The first-order valence-corrected chi connectivity index (χ1v) is 7.85. The molecular formula is C19H15ClN2O2. The molecule has 0 saturated carbocycles. The quantitative estimate of drug-likeness (QED) is 0.681. The van der Waals surface area contributed by atoms with Crippen LogP contribution in [0.1, 0.15) is 15.9 Å². The molecular weight excluding hydrogens is 324 g/mol. The summed E-state index contributed by atoms with van der Waals surface area (Å²) in [5.41, 5.74) is 2.70. The Balaban J connectivity index is 1.91. The van der Waals surface area contributed by atoms with E-state index in [4.69, 9.17) is 11.6 Å². The molecule has 0 saturated heterocycles. The van der Waals surface area contributed by atoms with Gasteiger partial charge in [0.1, 0.15) is 6.54 Å². The molecule has 0 amide bonds. The monoisotopic (exact) mass is 338 g/mol. The third-order valence-corrected chi connectivity index (χ3v) is 3.89. The number of halogens is 1. The largest absolute Gasteiger partial charge is 0.292 e. The van der Waals surface area contributed by atoms with E-state index in [1.165, 1.54) is 10.7 Å². The molecule has 0 spiro atoms. The van der Waals surface area contributed by atoms with Crippen LogP contribution in [0.25, 0.3) is 11.3 Å². The minimum Gasteiger partial charge on any atom is -0.292 e. The Morgan fingerprint density at radius 2 is 1.83 bits per heavy atom. The van der Waals surface area contributed by atoms with E-state index in [0.29, 0.717) is 16.3 Å². The number of benzene rings is 2. The maximum atomic E-state index is 12.4. The molecule has 0 fully saturated rings. The van der Waals surface area contributed by atoms with Crippen molar-refractivity contribution in [1.82, 2.24) is 9.78 Å². The van der Waals surface area contributed by atoms with Gasteiger partial charge >= 0.3 is 0 Å². The van der Waals surface area contributed by atoms with Crippen LogP contribution in [0.4, 0.5) is 0 Å². The van der Waals surface area contributed by atoms with Crippen LogP contribution in [-0.2, 0) is 6.54 Å². The van der Waals surface area contributed by atoms with Gasteiger partial charge in [-0.25, -0.2) is 4.68 Å². The first kappa shape index (κ1) is 16.1. The summed E-state index contributed by atoms with van der Waals surface area (Å²) in [6.45, 7) is 1.85. The van der Waals surface area contributed by atoms with E-state index in [9.17, 15) is 9.59 Å². The molecule has 0 aliphatic rings. The summed E-state index contributed by atoms with van der Waals surface area (Å²) in [5, 5.41) is 4.88. The van der Waals surface area contributed by atoms with Gasteiger partial charge in [-0.1, -0.05) is 53.6 Å². The van der Waals surface area contributed by atoms with Crippen molar-refractivity contribution < 1.29 is 4.79 Å². The lowest BCUT2D eigenvalue weighted by Gasteiger charge is -2.07. The first-order chi connectivity index (χ1) is 11.5. The zero-order valence-corrected chi connectivity index (χ0v) is 13.8. The highest BCUT2D eigenvalue weighted by Gasteiger charge is 2.10. The Morgan fingerprint density at radius 3 is 2.54 bits per heavy atom. The molecule has 0 bridgehead atoms. The van der Waals surface area contributed by atoms with Gasteiger partial charge in [0.05, 0.1) is 5.69 Å². The molecule has 0 N–H and O–H groups in total. The Morgan fingerprint density at radius 1 is 1.08 bits per heavy atom. The summed E-state index contributed by atoms with van der Waals surface area (Å²) in [5.74, 6) is -0.159. The second kappa shape index (κ2) is 6.81. The highest BCUT2D eigenvalue weighted by molar-refractivity contribution is 6.30. The topological polar surface area (TPSA) is 52.0 Å². The molecule has 0 atom stereocenters. The molecule has 2 aromatic carbocycles. The highest BCUT2D eigenvalue weighted by Crippen LogP contribution is 2.19. The number of Topliss-reactive ketones (excluding diaryl/α,β-unsaturated/α-hetero) is 1. The van der Waals surface area contributed by atoms with E-state index < -0.39 is 0 Å². The minimum atomic E-state index is -0.318. The Bertz CT molecular complexity index is 946. The van der Waals surface area contributed by atoms with Gasteiger partial charge in [0.15, 0.2) is 5.78 Å². The number of rotatable bonds is 4. The molecule has 120 valence electrons. The normalized spacial score (nSPS) is 10.6. The van der Waals surface area contributed by atoms with Gasteiger partial charge in [-0.05, 0) is 25.1 Å². The summed E-state index contributed by atoms with van der Waals surface area (Å²) in [4.78, 5) is 24.4. The summed E-state index contributed by atoms with van der Waals surface area (Å²) < 4.78 is 1.18. The summed E-state index contributed by atoms with van der Waals surface area (Å²) in [6.07, 6.45) is 0. The fraction of sp³-hybridized carbons (Fsp3) is 0.105. The molecule has 3 aromatic rings. The Hall–Kier alpha value is -2.72. The standard InChI is InChI=1S/C19H15ClN2O2/c1-13-5-7-14(8-6-13)18(23)12-22-19(24)10-9-17(21-22)15-3-2-4-16(20)11-15/h2-11H,12H2,1H3. The van der Waals surface area contributed by atoms with Crippen LogP contribution in [0.5, 0.6) is 0 Å². The molecule has 3 rings (SSSR count). The second-order valence-electron chi connectivity index (χ2n) is 5.51. The van der Waals surface area contributed by atoms with Crippen LogP contribution in [0, 0.1) is 6.92 Å². The van der Waals surface area contributed by atoms with Crippen LogP contribution < -0.4 is 5.56 Å². The van der Waals surface area contributed by atoms with Gasteiger partial charge in [0.2, 0.25) is 0 Å². The van der Waals surface area contributed by atoms with E-state index in [2.05, 4.69) is 5.10 Å². The van der Waals surface area contributed by atoms with Gasteiger partial charge in [0, 0.05) is 22.2 Å². The second-order valence-corrected chi connectivity index (χ2v) is 5.95. The molecule has 0 unspecified atom stereocenters. The SMILES string of the molecule is Cc1ccc(C(=O)Cn2nc(-c3cccc(Cl)c3)ccc2=O)cc1. The zero-order chi connectivity index (χ0) is 17.1. The van der Waals surface area contributed by atoms with E-state index in [-0.39, 0.29) is 17.9 Å². The maximum absolute atomic E-state index is 12.4. The summed E-state index contributed by atoms with van der Waals surface area (Å²) in [7, 11) is 0. The Kier molecular flexibility index (Phi) is 4.58. The van der Waals surface area contributed by atoms with Gasteiger partial charge in [-0.2, -0.15) is 5.10 Å². The van der Waals surface area contributed by atoms with Crippen molar-refractivity contribution in [2.45, 2.75) is 13.5 Å². The average molecular weight is 339 g/mol. The molecule has 1 aromatic heterocycles. The van der Waals surface area contributed by atoms with E-state index in [1.807, 2.05) is 31.2 Å². The van der Waals surface area contributed by atoms with Crippen LogP contribution in [0.3, 0.4) is 0 Å². The highest BCUT2D eigenvalue weighted by atomic mass is 35.5. The van der Waals surface area contributed by atoms with Crippen molar-refractivity contribution in [3.63, 3.8) is 0 Å². The molecule has 1 heterocycles. The van der Waals surface area contributed by atoms with Crippen molar-refractivity contribution in [2.75, 3.05) is 0 Å². The molecule has 24 heavy (non-hydrogen) atoms. The third kappa shape index (κ3) is 3.60. The van der Waals surface area contributed by atoms with Crippen LogP contribution >= 0.6 is 11.6 Å². The lowest BCUT2D eigenvalue weighted by atomic mass is 10.1. The van der Waals surface area contributed by atoms with Crippen molar-refractivity contribution >= 4 is 17.4 Å². The fourth-order valence-corrected chi connectivity index (χ4v) is 2.52. The van der Waals surface area contributed by atoms with E-state index >= 15 is 0 Å². The van der Waals surface area contributed by atoms with Crippen LogP contribution in [-0.4, -0.2) is 15.6 Å². The summed E-state index contributed by atoms with van der Waals surface area (Å²) >= 11 is 5.99. The lowest BCUT2D eigenvalue weighted by Crippen LogP contribution is -2.26. The van der Waals surface area contributed by atoms with Crippen molar-refractivity contribution in [3.8, 4) is 11.3 Å². The number of ketones is 1. The number of carbonyl (C=O) groups excluding carboxylic acids is 1. The smallest absolute Gasteiger partial charge is 0.267 e. The lowest BCUT2D eigenvalue weighted by molar-refractivity contribution is 0.0966. The average Bonchev–Trinajstić information content (AvgIpc) is 2.57. The third-order valence-electron chi connectivity index (χ3n) is 3.65. The van der Waals surface area contributed by atoms with Crippen LogP contribution in [0.2, 0.25) is 5.02 Å². The van der Waals surface area contributed by atoms with Gasteiger partial charge < -0.3 is 0 Å². The Labute approximate surface area is 144 Å². The molecule has 0 aliphatic carbocycles. The molecule has 4 nitrogen and oxygen atoms in total. The minimum absolute atomic E-state index is 0.101. The fourth-order valence-electron chi connectivity index (χ4n) is 2.33. The molecule has 0 radical (unpaired) electrons. The maximum Gasteiger partial charge on any atom is 0.267 e. The number of aryl methyl sites for hydroxylation is 1. The van der Waals surface area contributed by atoms with E-state index in [1.54, 1.807) is 30.3 Å². The molecule has 0 aliphatic heterocycles. The molecule has 5 heteroatoms. The predicted octanol–water partition coefficient (Wildman–Crippen LogP) is 3.76. The van der Waals surface area contributed by atoms with Gasteiger partial charge in [-0.3, -0.25) is 9.59 Å². The zero-order valence-electron chi connectivity index (χ0n) is 13.1. The number of carbonyl (C=O) groups is 1. The van der Waals surface area contributed by atoms with Crippen molar-refractivity contribution in [1.29, 1.82) is 0 Å².